The molecule has 0 atom stereocenters. The SMILES string of the molecule is O=C(O)c1ccc(S(=O)(=O)NCCSC(F)(F)F)o1. The van der Waals surface area contributed by atoms with Gasteiger partial charge in [-0.2, -0.15) is 13.2 Å². The molecule has 0 fully saturated rings. The van der Waals surface area contributed by atoms with Crippen molar-refractivity contribution >= 4 is 27.8 Å². The number of rotatable bonds is 6. The standard InChI is InChI=1S/C8H8F3NO5S2/c9-8(10,11)18-4-3-12-19(15,16)6-2-1-5(17-6)7(13)14/h1-2,12H,3-4H2,(H,13,14). The number of carbonyl (C=O) groups is 1. The molecule has 0 aliphatic rings. The molecule has 108 valence electrons. The van der Waals surface area contributed by atoms with Crippen molar-refractivity contribution in [3.8, 4) is 0 Å². The Bertz CT molecular complexity index is 551. The number of nitrogens with one attached hydrogen (secondary N) is 1. The van der Waals surface area contributed by atoms with E-state index < -0.39 is 44.7 Å². The van der Waals surface area contributed by atoms with Crippen LogP contribution in [0, 0.1) is 0 Å². The van der Waals surface area contributed by atoms with E-state index in [0.717, 1.165) is 12.1 Å². The first kappa shape index (κ1) is 15.9. The fourth-order valence-electron chi connectivity index (χ4n) is 0.993. The molecule has 0 saturated carbocycles. The van der Waals surface area contributed by atoms with E-state index in [4.69, 9.17) is 5.11 Å². The number of carboxylic acids is 1. The largest absolute Gasteiger partial charge is 0.475 e. The van der Waals surface area contributed by atoms with Crippen LogP contribution in [-0.4, -0.2) is 37.3 Å². The first-order valence-corrected chi connectivity index (χ1v) is 7.12. The number of hydrogen-bond acceptors (Lipinski definition) is 5. The number of thioether (sulfide) groups is 1. The molecule has 0 aromatic carbocycles. The molecule has 1 heterocycles. The fraction of sp³-hybridized carbons (Fsp3) is 0.375. The summed E-state index contributed by atoms with van der Waals surface area (Å²) < 4.78 is 64.8. The number of hydrogen-bond donors (Lipinski definition) is 2. The lowest BCUT2D eigenvalue weighted by molar-refractivity contribution is -0.0327. The maximum atomic E-state index is 11.8. The second-order valence-electron chi connectivity index (χ2n) is 3.12. The average molecular weight is 319 g/mol. The van der Waals surface area contributed by atoms with Crippen LogP contribution in [0.4, 0.5) is 13.2 Å². The zero-order valence-electron chi connectivity index (χ0n) is 9.10. The Hall–Kier alpha value is -1.20. The van der Waals surface area contributed by atoms with Crippen molar-refractivity contribution in [3.05, 3.63) is 17.9 Å². The molecule has 0 saturated heterocycles. The second-order valence-corrected chi connectivity index (χ2v) is 5.97. The van der Waals surface area contributed by atoms with Crippen LogP contribution in [0.2, 0.25) is 0 Å². The highest BCUT2D eigenvalue weighted by Crippen LogP contribution is 2.29. The van der Waals surface area contributed by atoms with Crippen molar-refractivity contribution in [2.24, 2.45) is 0 Å². The Morgan fingerprint density at radius 2 is 2.05 bits per heavy atom. The molecule has 1 rings (SSSR count). The summed E-state index contributed by atoms with van der Waals surface area (Å²) in [5.41, 5.74) is -4.44. The number of sulfonamides is 1. The minimum absolute atomic E-state index is 0.372. The third-order valence-electron chi connectivity index (χ3n) is 1.72. The van der Waals surface area contributed by atoms with Gasteiger partial charge in [-0.05, 0) is 23.9 Å². The van der Waals surface area contributed by atoms with Gasteiger partial charge in [-0.1, -0.05) is 0 Å². The number of aromatic carboxylic acids is 1. The highest BCUT2D eigenvalue weighted by atomic mass is 32.2. The zero-order valence-corrected chi connectivity index (χ0v) is 10.7. The van der Waals surface area contributed by atoms with E-state index in [9.17, 15) is 26.4 Å². The van der Waals surface area contributed by atoms with Crippen molar-refractivity contribution in [1.29, 1.82) is 0 Å². The van der Waals surface area contributed by atoms with Gasteiger partial charge in [0.15, 0.2) is 0 Å². The molecule has 6 nitrogen and oxygen atoms in total. The molecule has 0 unspecified atom stereocenters. The fourth-order valence-corrected chi connectivity index (χ4v) is 2.52. The first-order valence-electron chi connectivity index (χ1n) is 4.65. The van der Waals surface area contributed by atoms with E-state index in [0.29, 0.717) is 0 Å². The summed E-state index contributed by atoms with van der Waals surface area (Å²) in [5.74, 6) is -2.53. The molecule has 0 aliphatic carbocycles. The van der Waals surface area contributed by atoms with Gasteiger partial charge in [-0.3, -0.25) is 0 Å². The first-order chi connectivity index (χ1) is 8.62. The highest BCUT2D eigenvalue weighted by Gasteiger charge is 2.28. The summed E-state index contributed by atoms with van der Waals surface area (Å²) in [5, 5.41) is 7.87. The third-order valence-corrected chi connectivity index (χ3v) is 3.79. The number of furan rings is 1. The van der Waals surface area contributed by atoms with Gasteiger partial charge >= 0.3 is 11.5 Å². The summed E-state index contributed by atoms with van der Waals surface area (Å²) in [6, 6.07) is 1.84. The monoisotopic (exact) mass is 319 g/mol. The van der Waals surface area contributed by atoms with E-state index in [1.54, 1.807) is 0 Å². The number of halogens is 3. The van der Waals surface area contributed by atoms with Crippen molar-refractivity contribution in [2.45, 2.75) is 10.6 Å². The van der Waals surface area contributed by atoms with Crippen molar-refractivity contribution in [3.63, 3.8) is 0 Å². The van der Waals surface area contributed by atoms with Crippen LogP contribution in [0.15, 0.2) is 21.6 Å². The Kier molecular flexibility index (Phi) is 4.87. The molecular formula is C8H8F3NO5S2. The van der Waals surface area contributed by atoms with Crippen LogP contribution < -0.4 is 4.72 Å². The Morgan fingerprint density at radius 3 is 2.53 bits per heavy atom. The zero-order chi connectivity index (χ0) is 14.7. The summed E-state index contributed by atoms with van der Waals surface area (Å²) in [4.78, 5) is 10.5. The number of carboxylic acid groups (broad SMARTS) is 1. The lowest BCUT2D eigenvalue weighted by atomic mass is 10.5. The van der Waals surface area contributed by atoms with Crippen LogP contribution >= 0.6 is 11.8 Å². The molecule has 1 aromatic rings. The van der Waals surface area contributed by atoms with Crippen LogP contribution in [0.3, 0.4) is 0 Å². The summed E-state index contributed by atoms with van der Waals surface area (Å²) in [6.07, 6.45) is 0. The minimum atomic E-state index is -4.44. The normalized spacial score (nSPS) is 12.6. The molecule has 0 spiro atoms. The van der Waals surface area contributed by atoms with Gasteiger partial charge < -0.3 is 9.52 Å². The van der Waals surface area contributed by atoms with Crippen molar-refractivity contribution < 1.29 is 35.9 Å². The number of alkyl halides is 3. The molecule has 0 bridgehead atoms. The maximum Gasteiger partial charge on any atom is 0.441 e. The van der Waals surface area contributed by atoms with Gasteiger partial charge in [0.05, 0.1) is 0 Å². The van der Waals surface area contributed by atoms with Gasteiger partial charge in [-0.15, -0.1) is 0 Å². The molecule has 19 heavy (non-hydrogen) atoms. The van der Waals surface area contributed by atoms with Gasteiger partial charge in [0.25, 0.3) is 10.0 Å². The molecule has 0 aliphatic heterocycles. The molecule has 1 aromatic heterocycles. The lowest BCUT2D eigenvalue weighted by Gasteiger charge is -2.06. The quantitative estimate of drug-likeness (QED) is 0.772. The van der Waals surface area contributed by atoms with Crippen molar-refractivity contribution in [1.82, 2.24) is 4.72 Å². The third kappa shape index (κ3) is 5.12. The van der Waals surface area contributed by atoms with Gasteiger partial charge in [-0.25, -0.2) is 17.9 Å². The van der Waals surface area contributed by atoms with E-state index >= 15 is 0 Å². The van der Waals surface area contributed by atoms with Crippen LogP contribution in [-0.2, 0) is 10.0 Å². The molecule has 11 heteroatoms. The molecular weight excluding hydrogens is 311 g/mol. The van der Waals surface area contributed by atoms with E-state index in [1.165, 1.54) is 0 Å². The molecule has 0 radical (unpaired) electrons. The second kappa shape index (κ2) is 5.84. The predicted molar refractivity (Wildman–Crippen MR) is 59.4 cm³/mol. The van der Waals surface area contributed by atoms with Gasteiger partial charge in [0.1, 0.15) is 0 Å². The topological polar surface area (TPSA) is 96.6 Å². The smallest absolute Gasteiger partial charge is 0.441 e. The predicted octanol–water partition coefficient (Wildman–Crippen LogP) is 1.51. The Labute approximate surface area is 110 Å². The maximum absolute atomic E-state index is 11.8. The van der Waals surface area contributed by atoms with E-state index in [-0.39, 0.29) is 11.8 Å². The van der Waals surface area contributed by atoms with Gasteiger partial charge in [0, 0.05) is 12.3 Å². The van der Waals surface area contributed by atoms with Crippen molar-refractivity contribution in [2.75, 3.05) is 12.3 Å². The lowest BCUT2D eigenvalue weighted by Crippen LogP contribution is -2.26. The van der Waals surface area contributed by atoms with E-state index in [1.807, 2.05) is 4.72 Å². The Balaban J connectivity index is 2.58. The van der Waals surface area contributed by atoms with Gasteiger partial charge in [0.2, 0.25) is 10.9 Å². The molecule has 2 N–H and O–H groups in total. The van der Waals surface area contributed by atoms with Crippen LogP contribution in [0.1, 0.15) is 10.6 Å². The minimum Gasteiger partial charge on any atom is -0.475 e. The van der Waals surface area contributed by atoms with E-state index in [2.05, 4.69) is 4.42 Å². The Morgan fingerprint density at radius 1 is 1.42 bits per heavy atom. The summed E-state index contributed by atoms with van der Waals surface area (Å²) in [7, 11) is -4.15. The summed E-state index contributed by atoms with van der Waals surface area (Å²) >= 11 is -0.372. The highest BCUT2D eigenvalue weighted by molar-refractivity contribution is 8.00. The van der Waals surface area contributed by atoms with Crippen LogP contribution in [0.25, 0.3) is 0 Å². The molecule has 0 amide bonds. The average Bonchev–Trinajstić information content (AvgIpc) is 2.73. The summed E-state index contributed by atoms with van der Waals surface area (Å²) in [6.45, 7) is -0.463. The van der Waals surface area contributed by atoms with Crippen LogP contribution in [0.5, 0.6) is 0 Å².